The molecule has 1 atom stereocenters. The smallest absolute Gasteiger partial charge is 0.257 e. The number of nitrogens with zero attached hydrogens (tertiary/aromatic N) is 1. The van der Waals surface area contributed by atoms with Crippen LogP contribution in [0.2, 0.25) is 0 Å². The molecule has 7 heteroatoms. The van der Waals surface area contributed by atoms with E-state index < -0.39 is 5.91 Å². The summed E-state index contributed by atoms with van der Waals surface area (Å²) in [4.78, 5) is 29.7. The Kier molecular flexibility index (Phi) is 4.01. The maximum absolute atomic E-state index is 11.9. The molecule has 1 aliphatic heterocycles. The van der Waals surface area contributed by atoms with Crippen LogP contribution in [-0.4, -0.2) is 22.4 Å². The van der Waals surface area contributed by atoms with Gasteiger partial charge in [0.1, 0.15) is 5.82 Å². The number of aromatic nitrogens is 2. The molecule has 0 unspecified atom stereocenters. The molecule has 7 nitrogen and oxygen atoms in total. The first kappa shape index (κ1) is 15.1. The highest BCUT2D eigenvalue weighted by molar-refractivity contribution is 5.92. The first-order valence-electron chi connectivity index (χ1n) is 7.54. The van der Waals surface area contributed by atoms with Gasteiger partial charge in [0.2, 0.25) is 11.9 Å². The molecule has 0 saturated heterocycles. The minimum absolute atomic E-state index is 0.134. The van der Waals surface area contributed by atoms with Crippen molar-refractivity contribution in [3.05, 3.63) is 51.3 Å². The van der Waals surface area contributed by atoms with E-state index in [1.165, 1.54) is 0 Å². The van der Waals surface area contributed by atoms with Crippen molar-refractivity contribution in [2.45, 2.75) is 19.3 Å². The first-order chi connectivity index (χ1) is 11.0. The Hall–Kier alpha value is -2.83. The third-order valence-electron chi connectivity index (χ3n) is 4.16. The van der Waals surface area contributed by atoms with E-state index in [4.69, 9.17) is 11.5 Å². The fourth-order valence-corrected chi connectivity index (χ4v) is 2.86. The largest absolute Gasteiger partial charge is 0.369 e. The first-order valence-corrected chi connectivity index (χ1v) is 7.54. The number of nitrogens with two attached hydrogens (primary N) is 2. The third kappa shape index (κ3) is 3.33. The van der Waals surface area contributed by atoms with Gasteiger partial charge >= 0.3 is 0 Å². The maximum Gasteiger partial charge on any atom is 0.257 e. The number of hydrogen-bond donors (Lipinski definition) is 4. The van der Waals surface area contributed by atoms with Crippen LogP contribution in [0, 0.1) is 5.92 Å². The standard InChI is InChI=1S/C16H19N5O2/c17-13(22)11-5-3-9(4-6-11)1-2-10-7-12-14(19-8-10)20-16(18)21-15(12)23/h3-6,10H,1-2,7-8H2,(H2,17,22)(H4,18,19,20,21,23)/t10-/m1/s1. The third-order valence-corrected chi connectivity index (χ3v) is 4.16. The lowest BCUT2D eigenvalue weighted by Gasteiger charge is -2.24. The average Bonchev–Trinajstić information content (AvgIpc) is 2.53. The monoisotopic (exact) mass is 313 g/mol. The van der Waals surface area contributed by atoms with Gasteiger partial charge in [0.25, 0.3) is 5.56 Å². The van der Waals surface area contributed by atoms with Gasteiger partial charge in [0.15, 0.2) is 0 Å². The quantitative estimate of drug-likeness (QED) is 0.659. The molecule has 1 aromatic carbocycles. The van der Waals surface area contributed by atoms with E-state index in [0.29, 0.717) is 29.3 Å². The zero-order chi connectivity index (χ0) is 16.4. The summed E-state index contributed by atoms with van der Waals surface area (Å²) in [6, 6.07) is 7.31. The van der Waals surface area contributed by atoms with Crippen LogP contribution in [0.1, 0.15) is 27.9 Å². The van der Waals surface area contributed by atoms with Crippen LogP contribution >= 0.6 is 0 Å². The second kappa shape index (κ2) is 6.12. The van der Waals surface area contributed by atoms with Crippen LogP contribution in [0.3, 0.4) is 0 Å². The molecule has 0 spiro atoms. The van der Waals surface area contributed by atoms with Gasteiger partial charge < -0.3 is 16.8 Å². The Morgan fingerprint density at radius 2 is 2.04 bits per heavy atom. The summed E-state index contributed by atoms with van der Waals surface area (Å²) in [5, 5.41) is 3.18. The normalized spacial score (nSPS) is 16.4. The fourth-order valence-electron chi connectivity index (χ4n) is 2.86. The lowest BCUT2D eigenvalue weighted by atomic mass is 9.91. The molecule has 1 amide bonds. The molecule has 0 aliphatic carbocycles. The Bertz CT molecular complexity index is 782. The lowest BCUT2D eigenvalue weighted by Crippen LogP contribution is -2.30. The van der Waals surface area contributed by atoms with Crippen LogP contribution in [0.5, 0.6) is 0 Å². The Labute approximate surface area is 133 Å². The number of H-pyrrole nitrogens is 1. The van der Waals surface area contributed by atoms with Crippen LogP contribution in [0.4, 0.5) is 11.8 Å². The topological polar surface area (TPSA) is 127 Å². The van der Waals surface area contributed by atoms with Crippen molar-refractivity contribution in [1.82, 2.24) is 9.97 Å². The highest BCUT2D eigenvalue weighted by Crippen LogP contribution is 2.23. The van der Waals surface area contributed by atoms with E-state index in [1.54, 1.807) is 12.1 Å². The summed E-state index contributed by atoms with van der Waals surface area (Å²) in [6.07, 6.45) is 2.50. The number of aromatic amines is 1. The van der Waals surface area contributed by atoms with E-state index in [1.807, 2.05) is 12.1 Å². The molecule has 2 aromatic rings. The molecule has 2 heterocycles. The minimum Gasteiger partial charge on any atom is -0.369 e. The number of fused-ring (bicyclic) bond motifs is 1. The van der Waals surface area contributed by atoms with Gasteiger partial charge in [0.05, 0.1) is 5.56 Å². The molecule has 120 valence electrons. The maximum atomic E-state index is 11.9. The lowest BCUT2D eigenvalue weighted by molar-refractivity contribution is 0.100. The highest BCUT2D eigenvalue weighted by Gasteiger charge is 2.22. The second-order valence-corrected chi connectivity index (χ2v) is 5.83. The van der Waals surface area contributed by atoms with E-state index in [9.17, 15) is 9.59 Å². The molecule has 0 radical (unpaired) electrons. The number of nitrogen functional groups attached to an aromatic ring is 1. The number of primary amides is 1. The predicted octanol–water partition coefficient (Wildman–Crippen LogP) is 0.668. The summed E-state index contributed by atoms with van der Waals surface area (Å²) >= 11 is 0. The molecule has 23 heavy (non-hydrogen) atoms. The molecule has 6 N–H and O–H groups in total. The van der Waals surface area contributed by atoms with Crippen LogP contribution in [0.15, 0.2) is 29.1 Å². The number of carbonyl (C=O) groups is 1. The molecule has 1 aliphatic rings. The Balaban J connectivity index is 1.64. The average molecular weight is 313 g/mol. The van der Waals surface area contributed by atoms with Crippen molar-refractivity contribution in [2.24, 2.45) is 11.7 Å². The number of aryl methyl sites for hydroxylation is 1. The summed E-state index contributed by atoms with van der Waals surface area (Å²) < 4.78 is 0. The number of rotatable bonds is 4. The SMILES string of the molecule is NC(=O)c1ccc(CC[C@H]2CNc3nc(N)[nH]c(=O)c3C2)cc1. The molecule has 1 aromatic heterocycles. The Morgan fingerprint density at radius 1 is 1.30 bits per heavy atom. The highest BCUT2D eigenvalue weighted by atomic mass is 16.1. The summed E-state index contributed by atoms with van der Waals surface area (Å²) in [5.41, 5.74) is 12.9. The number of nitrogens with one attached hydrogen (secondary N) is 2. The van der Waals surface area contributed by atoms with Crippen molar-refractivity contribution >= 4 is 17.7 Å². The number of benzene rings is 1. The number of anilines is 2. The van der Waals surface area contributed by atoms with Crippen LogP contribution in [0.25, 0.3) is 0 Å². The number of hydrogen-bond acceptors (Lipinski definition) is 5. The van der Waals surface area contributed by atoms with E-state index in [0.717, 1.165) is 24.9 Å². The molecule has 0 saturated carbocycles. The summed E-state index contributed by atoms with van der Waals surface area (Å²) in [5.74, 6) is 0.656. The van der Waals surface area contributed by atoms with Crippen molar-refractivity contribution in [1.29, 1.82) is 0 Å². The summed E-state index contributed by atoms with van der Waals surface area (Å²) in [6.45, 7) is 0.766. The van der Waals surface area contributed by atoms with Gasteiger partial charge in [-0.2, -0.15) is 4.98 Å². The molecule has 3 rings (SSSR count). The van der Waals surface area contributed by atoms with Gasteiger partial charge in [-0.05, 0) is 42.9 Å². The van der Waals surface area contributed by atoms with E-state index >= 15 is 0 Å². The van der Waals surface area contributed by atoms with E-state index in [2.05, 4.69) is 15.3 Å². The van der Waals surface area contributed by atoms with Gasteiger partial charge in [-0.1, -0.05) is 12.1 Å². The summed E-state index contributed by atoms with van der Waals surface area (Å²) in [7, 11) is 0. The number of amides is 1. The van der Waals surface area contributed by atoms with Gasteiger partial charge in [0, 0.05) is 12.1 Å². The van der Waals surface area contributed by atoms with Crippen molar-refractivity contribution in [3.8, 4) is 0 Å². The zero-order valence-electron chi connectivity index (χ0n) is 12.6. The fraction of sp³-hybridized carbons (Fsp3) is 0.312. The zero-order valence-corrected chi connectivity index (χ0v) is 12.6. The second-order valence-electron chi connectivity index (χ2n) is 5.83. The molecular weight excluding hydrogens is 294 g/mol. The van der Waals surface area contributed by atoms with Crippen LogP contribution in [-0.2, 0) is 12.8 Å². The van der Waals surface area contributed by atoms with E-state index in [-0.39, 0.29) is 11.5 Å². The van der Waals surface area contributed by atoms with Gasteiger partial charge in [-0.25, -0.2) is 0 Å². The minimum atomic E-state index is -0.421. The van der Waals surface area contributed by atoms with Gasteiger partial charge in [-0.15, -0.1) is 0 Å². The van der Waals surface area contributed by atoms with Crippen LogP contribution < -0.4 is 22.3 Å². The van der Waals surface area contributed by atoms with Gasteiger partial charge in [-0.3, -0.25) is 14.6 Å². The predicted molar refractivity (Wildman–Crippen MR) is 88.2 cm³/mol. The molecular formula is C16H19N5O2. The van der Waals surface area contributed by atoms with Crippen molar-refractivity contribution in [3.63, 3.8) is 0 Å². The molecule has 0 fully saturated rings. The molecule has 0 bridgehead atoms. The Morgan fingerprint density at radius 3 is 2.74 bits per heavy atom. The van der Waals surface area contributed by atoms with Crippen molar-refractivity contribution < 1.29 is 4.79 Å². The van der Waals surface area contributed by atoms with Crippen molar-refractivity contribution in [2.75, 3.05) is 17.6 Å². The number of carbonyl (C=O) groups excluding carboxylic acids is 1.